The van der Waals surface area contributed by atoms with E-state index in [4.69, 9.17) is 11.5 Å². The van der Waals surface area contributed by atoms with Crippen LogP contribution in [0.3, 0.4) is 0 Å². The van der Waals surface area contributed by atoms with E-state index >= 15 is 0 Å². The minimum Gasteiger partial charge on any atom is -0.366 e. The first-order valence-corrected chi connectivity index (χ1v) is 7.66. The van der Waals surface area contributed by atoms with Crippen molar-refractivity contribution in [3.63, 3.8) is 0 Å². The lowest BCUT2D eigenvalue weighted by Crippen LogP contribution is -2.18. The smallest absolute Gasteiger partial charge is 0.250 e. The molecular weight excluding hydrogens is 305 g/mol. The van der Waals surface area contributed by atoms with E-state index in [0.717, 1.165) is 5.56 Å². The molecule has 0 aliphatic heterocycles. The lowest BCUT2D eigenvalue weighted by molar-refractivity contribution is 0.100. The number of hydrogen-bond donors (Lipinski definition) is 2. The average Bonchev–Trinajstić information content (AvgIpc) is 2.59. The Bertz CT molecular complexity index is 907. The van der Waals surface area contributed by atoms with Crippen LogP contribution >= 0.6 is 0 Å². The maximum atomic E-state index is 13.1. The number of hydrogen-bond acceptors (Lipinski definition) is 3. The van der Waals surface area contributed by atoms with Crippen molar-refractivity contribution in [2.45, 2.75) is 19.6 Å². The Morgan fingerprint density at radius 2 is 1.92 bits per heavy atom. The number of fused-ring (bicyclic) bond motifs is 1. The van der Waals surface area contributed by atoms with Crippen LogP contribution in [0.1, 0.15) is 34.6 Å². The molecule has 4 nitrogen and oxygen atoms in total. The summed E-state index contributed by atoms with van der Waals surface area (Å²) in [5, 5.41) is 0.543. The Labute approximate surface area is 139 Å². The van der Waals surface area contributed by atoms with E-state index in [2.05, 4.69) is 4.98 Å². The summed E-state index contributed by atoms with van der Waals surface area (Å²) in [5.74, 6) is -0.584. The number of pyridine rings is 1. The molecule has 1 unspecified atom stereocenters. The fraction of sp³-hybridized carbons (Fsp3) is 0.158. The molecule has 0 fully saturated rings. The number of rotatable bonds is 4. The molecule has 24 heavy (non-hydrogen) atoms. The molecule has 0 spiro atoms. The number of carbonyl (C=O) groups is 1. The van der Waals surface area contributed by atoms with Gasteiger partial charge in [-0.15, -0.1) is 0 Å². The Morgan fingerprint density at radius 3 is 2.50 bits per heavy atom. The highest BCUT2D eigenvalue weighted by Crippen LogP contribution is 2.34. The molecule has 2 aromatic carbocycles. The van der Waals surface area contributed by atoms with Gasteiger partial charge in [0.1, 0.15) is 6.67 Å². The summed E-state index contributed by atoms with van der Waals surface area (Å²) in [6, 6.07) is 13.9. The first-order valence-electron chi connectivity index (χ1n) is 7.66. The minimum atomic E-state index is -0.621. The Hall–Kier alpha value is -2.79. The van der Waals surface area contributed by atoms with Gasteiger partial charge in [0.05, 0.1) is 16.8 Å². The largest absolute Gasteiger partial charge is 0.366 e. The highest BCUT2D eigenvalue weighted by molar-refractivity contribution is 6.11. The topological polar surface area (TPSA) is 82.0 Å². The zero-order valence-corrected chi connectivity index (χ0v) is 13.3. The molecule has 0 bridgehead atoms. The molecule has 0 saturated heterocycles. The van der Waals surface area contributed by atoms with Gasteiger partial charge in [-0.1, -0.05) is 36.4 Å². The summed E-state index contributed by atoms with van der Waals surface area (Å²) in [6.07, 6.45) is 0. The van der Waals surface area contributed by atoms with Gasteiger partial charge < -0.3 is 11.5 Å². The van der Waals surface area contributed by atoms with Crippen LogP contribution in [0.15, 0.2) is 48.5 Å². The van der Waals surface area contributed by atoms with E-state index in [-0.39, 0.29) is 6.04 Å². The van der Waals surface area contributed by atoms with Gasteiger partial charge in [0.2, 0.25) is 5.91 Å². The summed E-state index contributed by atoms with van der Waals surface area (Å²) in [5.41, 5.74) is 15.2. The highest BCUT2D eigenvalue weighted by Gasteiger charge is 2.22. The maximum absolute atomic E-state index is 13.1. The second-order valence-corrected chi connectivity index (χ2v) is 5.75. The summed E-state index contributed by atoms with van der Waals surface area (Å²) in [6.45, 7) is 1.19. The molecule has 5 heteroatoms. The number of alkyl halides is 1. The third kappa shape index (κ3) is 2.74. The van der Waals surface area contributed by atoms with Gasteiger partial charge in [0, 0.05) is 17.0 Å². The number of benzene rings is 2. The molecule has 0 aliphatic carbocycles. The summed E-state index contributed by atoms with van der Waals surface area (Å²) in [4.78, 5) is 16.9. The van der Waals surface area contributed by atoms with Crippen molar-refractivity contribution in [1.82, 2.24) is 4.98 Å². The molecule has 1 atom stereocenters. The number of nitrogens with two attached hydrogens (primary N) is 2. The number of carbonyl (C=O) groups excluding carboxylic acids is 1. The van der Waals surface area contributed by atoms with Crippen LogP contribution in [-0.4, -0.2) is 10.9 Å². The van der Waals surface area contributed by atoms with Gasteiger partial charge in [0.15, 0.2) is 0 Å². The van der Waals surface area contributed by atoms with Crippen molar-refractivity contribution in [3.05, 3.63) is 65.4 Å². The van der Waals surface area contributed by atoms with E-state index in [1.807, 2.05) is 30.3 Å². The minimum absolute atomic E-state index is 0.328. The summed E-state index contributed by atoms with van der Waals surface area (Å²) >= 11 is 0. The molecule has 3 aromatic rings. The molecule has 1 aromatic heterocycles. The maximum Gasteiger partial charge on any atom is 0.250 e. The van der Waals surface area contributed by atoms with Crippen LogP contribution in [0, 0.1) is 0 Å². The van der Waals surface area contributed by atoms with Crippen molar-refractivity contribution < 1.29 is 9.18 Å². The normalized spacial score (nSPS) is 12.3. The SMILES string of the molecule is CC(N)c1nc2ccc(CF)cc2c(C(N)=O)c1-c1ccccc1. The molecule has 4 N–H and O–H groups in total. The van der Waals surface area contributed by atoms with Crippen molar-refractivity contribution in [2.24, 2.45) is 11.5 Å². The Balaban J connectivity index is 2.48. The second kappa shape index (κ2) is 6.37. The first-order chi connectivity index (χ1) is 11.5. The van der Waals surface area contributed by atoms with Crippen LogP contribution in [0.5, 0.6) is 0 Å². The van der Waals surface area contributed by atoms with Gasteiger partial charge in [0.25, 0.3) is 0 Å². The number of amides is 1. The lowest BCUT2D eigenvalue weighted by Gasteiger charge is -2.18. The number of halogens is 1. The average molecular weight is 323 g/mol. The number of nitrogens with zero attached hydrogens (tertiary/aromatic N) is 1. The quantitative estimate of drug-likeness (QED) is 0.771. The van der Waals surface area contributed by atoms with E-state index in [0.29, 0.717) is 33.3 Å². The molecule has 0 radical (unpaired) electrons. The van der Waals surface area contributed by atoms with Gasteiger partial charge in [-0.05, 0) is 30.2 Å². The van der Waals surface area contributed by atoms with Crippen LogP contribution in [0.4, 0.5) is 4.39 Å². The molecule has 122 valence electrons. The predicted octanol–water partition coefficient (Wildman–Crippen LogP) is 3.49. The fourth-order valence-electron chi connectivity index (χ4n) is 2.89. The number of primary amides is 1. The first kappa shape index (κ1) is 16.1. The van der Waals surface area contributed by atoms with E-state index in [1.165, 1.54) is 0 Å². The Morgan fingerprint density at radius 1 is 1.21 bits per heavy atom. The van der Waals surface area contributed by atoms with Crippen molar-refractivity contribution >= 4 is 16.8 Å². The van der Waals surface area contributed by atoms with Crippen LogP contribution < -0.4 is 11.5 Å². The molecule has 0 aliphatic rings. The monoisotopic (exact) mass is 323 g/mol. The highest BCUT2D eigenvalue weighted by atomic mass is 19.1. The fourth-order valence-corrected chi connectivity index (χ4v) is 2.89. The zero-order chi connectivity index (χ0) is 17.3. The van der Waals surface area contributed by atoms with Crippen molar-refractivity contribution in [3.8, 4) is 11.1 Å². The summed E-state index contributed by atoms with van der Waals surface area (Å²) < 4.78 is 13.1. The van der Waals surface area contributed by atoms with E-state index < -0.39 is 12.6 Å². The van der Waals surface area contributed by atoms with Gasteiger partial charge in [-0.3, -0.25) is 9.78 Å². The zero-order valence-electron chi connectivity index (χ0n) is 13.3. The van der Waals surface area contributed by atoms with Gasteiger partial charge >= 0.3 is 0 Å². The van der Waals surface area contributed by atoms with Crippen LogP contribution in [-0.2, 0) is 6.67 Å². The van der Waals surface area contributed by atoms with E-state index in [9.17, 15) is 9.18 Å². The third-order valence-electron chi connectivity index (χ3n) is 3.97. The standard InChI is InChI=1S/C19H18FN3O/c1-11(21)18-16(13-5-3-2-4-6-13)17(19(22)24)14-9-12(10-20)7-8-15(14)23-18/h2-9,11H,10,21H2,1H3,(H2,22,24). The van der Waals surface area contributed by atoms with Crippen molar-refractivity contribution in [2.75, 3.05) is 0 Å². The lowest BCUT2D eigenvalue weighted by atomic mass is 9.91. The summed E-state index contributed by atoms with van der Waals surface area (Å²) in [7, 11) is 0. The van der Waals surface area contributed by atoms with Gasteiger partial charge in [-0.25, -0.2) is 4.39 Å². The Kier molecular flexibility index (Phi) is 4.27. The van der Waals surface area contributed by atoms with Gasteiger partial charge in [-0.2, -0.15) is 0 Å². The second-order valence-electron chi connectivity index (χ2n) is 5.75. The molecule has 1 heterocycles. The molecule has 1 amide bonds. The third-order valence-corrected chi connectivity index (χ3v) is 3.97. The predicted molar refractivity (Wildman–Crippen MR) is 93.1 cm³/mol. The van der Waals surface area contributed by atoms with Crippen LogP contribution in [0.25, 0.3) is 22.0 Å². The van der Waals surface area contributed by atoms with Crippen molar-refractivity contribution in [1.29, 1.82) is 0 Å². The van der Waals surface area contributed by atoms with Crippen LogP contribution in [0.2, 0.25) is 0 Å². The molecule has 0 saturated carbocycles. The molecular formula is C19H18FN3O. The number of aromatic nitrogens is 1. The molecule has 3 rings (SSSR count). The van der Waals surface area contributed by atoms with E-state index in [1.54, 1.807) is 25.1 Å².